The number of benzene rings is 1. The molecule has 1 aliphatic rings. The van der Waals surface area contributed by atoms with Gasteiger partial charge in [-0.05, 0) is 62.8 Å². The zero-order chi connectivity index (χ0) is 15.5. The van der Waals surface area contributed by atoms with E-state index in [2.05, 4.69) is 25.2 Å². The van der Waals surface area contributed by atoms with Gasteiger partial charge >= 0.3 is 0 Å². The summed E-state index contributed by atoms with van der Waals surface area (Å²) in [4.78, 5) is 12.1. The number of carbonyl (C=O) groups excluding carboxylic acids is 1. The van der Waals surface area contributed by atoms with Crippen LogP contribution in [0.4, 0.5) is 0 Å². The van der Waals surface area contributed by atoms with Crippen LogP contribution in [0.5, 0.6) is 5.75 Å². The molecule has 4 heteroatoms. The molecular weight excluding hydrogens is 264 g/mol. The van der Waals surface area contributed by atoms with E-state index in [9.17, 15) is 4.79 Å². The average Bonchev–Trinajstić information content (AvgIpc) is 3.28. The molecular formula is C17H26N2O2. The molecule has 0 aliphatic heterocycles. The van der Waals surface area contributed by atoms with Crippen LogP contribution in [0.3, 0.4) is 0 Å². The second kappa shape index (κ2) is 6.48. The molecule has 1 unspecified atom stereocenters. The molecule has 4 nitrogen and oxygen atoms in total. The second-order valence-corrected chi connectivity index (χ2v) is 6.02. The van der Waals surface area contributed by atoms with Crippen LogP contribution in [0, 0.1) is 19.8 Å². The Bertz CT molecular complexity index is 512. The minimum absolute atomic E-state index is 0.298. The summed E-state index contributed by atoms with van der Waals surface area (Å²) in [7, 11) is 0. The number of aryl methyl sites for hydroxylation is 1. The van der Waals surface area contributed by atoms with E-state index in [0.717, 1.165) is 37.1 Å². The second-order valence-electron chi connectivity index (χ2n) is 6.02. The van der Waals surface area contributed by atoms with Gasteiger partial charge in [0.2, 0.25) is 5.91 Å². The van der Waals surface area contributed by atoms with Gasteiger partial charge in [0, 0.05) is 0 Å². The molecule has 1 atom stereocenters. The normalized spacial score (nSPS) is 17.3. The van der Waals surface area contributed by atoms with E-state index in [1.54, 1.807) is 0 Å². The molecule has 1 fully saturated rings. The van der Waals surface area contributed by atoms with Gasteiger partial charge in [0.15, 0.2) is 0 Å². The van der Waals surface area contributed by atoms with Gasteiger partial charge in [0.05, 0.1) is 0 Å². The predicted molar refractivity (Wildman–Crippen MR) is 84.4 cm³/mol. The third-order valence-corrected chi connectivity index (χ3v) is 4.41. The number of nitrogens with one attached hydrogen (secondary N) is 1. The van der Waals surface area contributed by atoms with Crippen LogP contribution in [0.25, 0.3) is 0 Å². The molecule has 116 valence electrons. The lowest BCUT2D eigenvalue weighted by Gasteiger charge is -2.32. The van der Waals surface area contributed by atoms with Gasteiger partial charge in [0.25, 0.3) is 0 Å². The third kappa shape index (κ3) is 3.38. The highest BCUT2D eigenvalue weighted by molar-refractivity contribution is 5.85. The van der Waals surface area contributed by atoms with Gasteiger partial charge in [-0.15, -0.1) is 0 Å². The molecule has 1 aromatic carbocycles. The fourth-order valence-electron chi connectivity index (χ4n) is 2.67. The first-order chi connectivity index (χ1) is 10.0. The molecule has 1 aromatic rings. The van der Waals surface area contributed by atoms with Crippen molar-refractivity contribution in [3.63, 3.8) is 0 Å². The maximum atomic E-state index is 12.1. The van der Waals surface area contributed by atoms with Crippen molar-refractivity contribution in [2.45, 2.75) is 45.6 Å². The number of hydrogen-bond acceptors (Lipinski definition) is 3. The summed E-state index contributed by atoms with van der Waals surface area (Å²) in [5.41, 5.74) is 7.27. The van der Waals surface area contributed by atoms with Gasteiger partial charge in [-0.3, -0.25) is 4.79 Å². The summed E-state index contributed by atoms with van der Waals surface area (Å²) in [6.45, 7) is 7.25. The van der Waals surface area contributed by atoms with Crippen LogP contribution in [-0.4, -0.2) is 24.6 Å². The lowest BCUT2D eigenvalue weighted by molar-refractivity contribution is -0.126. The van der Waals surface area contributed by atoms with Crippen LogP contribution in [-0.2, 0) is 4.79 Å². The molecule has 0 heterocycles. The smallest absolute Gasteiger partial charge is 0.241 e. The number of rotatable bonds is 8. The molecule has 1 saturated carbocycles. The number of ether oxygens (including phenoxy) is 1. The van der Waals surface area contributed by atoms with Crippen molar-refractivity contribution in [3.8, 4) is 5.75 Å². The molecule has 0 radical (unpaired) electrons. The zero-order valence-corrected chi connectivity index (χ0v) is 13.2. The van der Waals surface area contributed by atoms with Crippen molar-refractivity contribution >= 4 is 5.91 Å². The van der Waals surface area contributed by atoms with Crippen molar-refractivity contribution in [3.05, 3.63) is 29.3 Å². The molecule has 1 amide bonds. The molecule has 2 rings (SSSR count). The monoisotopic (exact) mass is 290 g/mol. The van der Waals surface area contributed by atoms with E-state index in [0.29, 0.717) is 12.5 Å². The highest BCUT2D eigenvalue weighted by atomic mass is 16.5. The fourth-order valence-corrected chi connectivity index (χ4v) is 2.67. The molecule has 0 spiro atoms. The Hall–Kier alpha value is -1.55. The summed E-state index contributed by atoms with van der Waals surface area (Å²) in [6.07, 6.45) is 3.04. The Morgan fingerprint density at radius 3 is 2.71 bits per heavy atom. The SMILES string of the molecule is CCCNC(COc1cccc(C)c1C)(C(N)=O)C1CC1. The summed E-state index contributed by atoms with van der Waals surface area (Å²) in [5.74, 6) is 0.829. The third-order valence-electron chi connectivity index (χ3n) is 4.41. The van der Waals surface area contributed by atoms with Gasteiger partial charge in [0.1, 0.15) is 17.9 Å². The lowest BCUT2D eigenvalue weighted by Crippen LogP contribution is -2.61. The first-order valence-corrected chi connectivity index (χ1v) is 7.75. The molecule has 1 aliphatic carbocycles. The predicted octanol–water partition coefficient (Wildman–Crippen LogP) is 2.32. The summed E-state index contributed by atoms with van der Waals surface area (Å²) < 4.78 is 5.98. The van der Waals surface area contributed by atoms with Crippen molar-refractivity contribution in [1.29, 1.82) is 0 Å². The van der Waals surface area contributed by atoms with E-state index < -0.39 is 5.54 Å². The topological polar surface area (TPSA) is 64.3 Å². The Morgan fingerprint density at radius 2 is 2.14 bits per heavy atom. The van der Waals surface area contributed by atoms with Crippen LogP contribution in [0.2, 0.25) is 0 Å². The highest BCUT2D eigenvalue weighted by Crippen LogP contribution is 2.40. The minimum Gasteiger partial charge on any atom is -0.491 e. The fraction of sp³-hybridized carbons (Fsp3) is 0.588. The van der Waals surface area contributed by atoms with Crippen LogP contribution >= 0.6 is 0 Å². The average molecular weight is 290 g/mol. The molecule has 21 heavy (non-hydrogen) atoms. The van der Waals surface area contributed by atoms with E-state index in [4.69, 9.17) is 10.5 Å². The maximum Gasteiger partial charge on any atom is 0.241 e. The Kier molecular flexibility index (Phi) is 4.88. The van der Waals surface area contributed by atoms with E-state index in [1.807, 2.05) is 19.1 Å². The van der Waals surface area contributed by atoms with E-state index >= 15 is 0 Å². The molecule has 0 aromatic heterocycles. The Morgan fingerprint density at radius 1 is 1.43 bits per heavy atom. The van der Waals surface area contributed by atoms with Gasteiger partial charge < -0.3 is 15.8 Å². The molecule has 3 N–H and O–H groups in total. The van der Waals surface area contributed by atoms with Crippen molar-refractivity contribution in [2.75, 3.05) is 13.2 Å². The number of carbonyl (C=O) groups is 1. The minimum atomic E-state index is -0.730. The van der Waals surface area contributed by atoms with Crippen molar-refractivity contribution in [2.24, 2.45) is 11.7 Å². The van der Waals surface area contributed by atoms with E-state index in [1.165, 1.54) is 5.56 Å². The van der Waals surface area contributed by atoms with Crippen LogP contribution in [0.15, 0.2) is 18.2 Å². The van der Waals surface area contributed by atoms with Gasteiger partial charge in [-0.25, -0.2) is 0 Å². The van der Waals surface area contributed by atoms with Crippen molar-refractivity contribution in [1.82, 2.24) is 5.32 Å². The largest absolute Gasteiger partial charge is 0.491 e. The summed E-state index contributed by atoms with van der Waals surface area (Å²) >= 11 is 0. The van der Waals surface area contributed by atoms with Crippen LogP contribution < -0.4 is 15.8 Å². The van der Waals surface area contributed by atoms with Gasteiger partial charge in [-0.1, -0.05) is 19.1 Å². The molecule has 0 bridgehead atoms. The van der Waals surface area contributed by atoms with Gasteiger partial charge in [-0.2, -0.15) is 0 Å². The maximum absolute atomic E-state index is 12.1. The number of hydrogen-bond donors (Lipinski definition) is 2. The van der Waals surface area contributed by atoms with Crippen molar-refractivity contribution < 1.29 is 9.53 Å². The van der Waals surface area contributed by atoms with E-state index in [-0.39, 0.29) is 5.91 Å². The number of amides is 1. The summed E-state index contributed by atoms with van der Waals surface area (Å²) in [6, 6.07) is 5.97. The first-order valence-electron chi connectivity index (χ1n) is 7.75. The number of primary amides is 1. The molecule has 0 saturated heterocycles. The number of nitrogens with two attached hydrogens (primary N) is 1. The summed E-state index contributed by atoms with van der Waals surface area (Å²) in [5, 5.41) is 3.35. The zero-order valence-electron chi connectivity index (χ0n) is 13.2. The van der Waals surface area contributed by atoms with Crippen LogP contribution in [0.1, 0.15) is 37.3 Å². The quantitative estimate of drug-likeness (QED) is 0.772. The highest BCUT2D eigenvalue weighted by Gasteiger charge is 2.50. The standard InChI is InChI=1S/C17H26N2O2/c1-4-10-19-17(16(18)20,14-8-9-14)11-21-15-7-5-6-12(2)13(15)3/h5-7,14,19H,4,8-11H2,1-3H3,(H2,18,20). The lowest BCUT2D eigenvalue weighted by atomic mass is 9.93. The Balaban J connectivity index is 2.15. The first kappa shape index (κ1) is 15.8. The Labute approximate surface area is 127 Å².